The zero-order valence-electron chi connectivity index (χ0n) is 20.1. The number of benzene rings is 3. The highest BCUT2D eigenvalue weighted by Crippen LogP contribution is 2.36. The molecule has 0 atom stereocenters. The third-order valence-corrected chi connectivity index (χ3v) is 7.37. The summed E-state index contributed by atoms with van der Waals surface area (Å²) in [4.78, 5) is 18.0. The van der Waals surface area contributed by atoms with Gasteiger partial charge in [-0.2, -0.15) is 0 Å². The number of aryl methyl sites for hydroxylation is 1. The third kappa shape index (κ3) is 5.03. The fourth-order valence-corrected chi connectivity index (χ4v) is 5.17. The quantitative estimate of drug-likeness (QED) is 0.156. The van der Waals surface area contributed by atoms with Crippen LogP contribution in [0.4, 0.5) is 0 Å². The first-order valence-corrected chi connectivity index (χ1v) is 13.1. The average Bonchev–Trinajstić information content (AvgIpc) is 3.46. The molecule has 4 nitrogen and oxygen atoms in total. The summed E-state index contributed by atoms with van der Waals surface area (Å²) in [5.41, 5.74) is 6.39. The SMILES string of the molecule is Cc1cc(C(=O)CSc2nc(-c3ccccc3)c(-c3ccccc3)o2)c(C)n1Cc1ccccc1Cl. The number of ketones is 1. The largest absolute Gasteiger partial charge is 0.431 e. The van der Waals surface area contributed by atoms with Gasteiger partial charge in [0.15, 0.2) is 11.5 Å². The van der Waals surface area contributed by atoms with E-state index < -0.39 is 0 Å². The molecule has 5 aromatic rings. The van der Waals surface area contributed by atoms with Gasteiger partial charge in [-0.3, -0.25) is 4.79 Å². The molecular formula is C30H25ClN2O2S. The molecule has 0 saturated heterocycles. The molecule has 2 heterocycles. The molecule has 0 saturated carbocycles. The van der Waals surface area contributed by atoms with Gasteiger partial charge >= 0.3 is 0 Å². The van der Waals surface area contributed by atoms with Gasteiger partial charge in [0, 0.05) is 39.6 Å². The van der Waals surface area contributed by atoms with E-state index in [1.165, 1.54) is 11.8 Å². The molecule has 0 radical (unpaired) electrons. The summed E-state index contributed by atoms with van der Waals surface area (Å²) in [6.45, 7) is 4.62. The molecule has 0 aliphatic carbocycles. The molecule has 2 aromatic heterocycles. The second-order valence-electron chi connectivity index (χ2n) is 8.56. The van der Waals surface area contributed by atoms with E-state index in [2.05, 4.69) is 4.57 Å². The predicted octanol–water partition coefficient (Wildman–Crippen LogP) is 8.10. The van der Waals surface area contributed by atoms with E-state index in [0.717, 1.165) is 38.8 Å². The van der Waals surface area contributed by atoms with Crippen molar-refractivity contribution in [2.24, 2.45) is 0 Å². The van der Waals surface area contributed by atoms with E-state index in [1.54, 1.807) is 0 Å². The van der Waals surface area contributed by atoms with Crippen molar-refractivity contribution in [1.29, 1.82) is 0 Å². The second kappa shape index (κ2) is 10.6. The van der Waals surface area contributed by atoms with Crippen molar-refractivity contribution in [2.75, 3.05) is 5.75 Å². The standard InChI is InChI=1S/C30H25ClN2O2S/c1-20-17-25(21(2)33(20)18-24-15-9-10-16-26(24)31)27(34)19-36-30-32-28(22-11-5-3-6-12-22)29(35-30)23-13-7-4-8-14-23/h3-17H,18-19H2,1-2H3. The summed E-state index contributed by atoms with van der Waals surface area (Å²) in [5, 5.41) is 1.20. The Labute approximate surface area is 220 Å². The molecule has 0 bridgehead atoms. The normalized spacial score (nSPS) is 11.1. The Kier molecular flexibility index (Phi) is 7.12. The number of oxazole rings is 1. The number of aromatic nitrogens is 2. The lowest BCUT2D eigenvalue weighted by atomic mass is 10.1. The average molecular weight is 513 g/mol. The number of thioether (sulfide) groups is 1. The van der Waals surface area contributed by atoms with Gasteiger partial charge in [-0.15, -0.1) is 0 Å². The number of Topliss-reactive ketones (excluding diaryl/α,β-unsaturated/α-hetero) is 1. The molecule has 0 aliphatic heterocycles. The van der Waals surface area contributed by atoms with E-state index in [1.807, 2.05) is 105 Å². The molecule has 0 N–H and O–H groups in total. The Hall–Kier alpha value is -3.54. The van der Waals surface area contributed by atoms with Crippen molar-refractivity contribution in [3.05, 3.63) is 119 Å². The number of hydrogen-bond donors (Lipinski definition) is 0. The molecule has 6 heteroatoms. The van der Waals surface area contributed by atoms with Crippen molar-refractivity contribution in [2.45, 2.75) is 25.6 Å². The lowest BCUT2D eigenvalue weighted by molar-refractivity contribution is 0.102. The molecule has 0 unspecified atom stereocenters. The van der Waals surface area contributed by atoms with Crippen LogP contribution in [0.1, 0.15) is 27.3 Å². The van der Waals surface area contributed by atoms with Crippen LogP contribution in [0.2, 0.25) is 5.02 Å². The maximum Gasteiger partial charge on any atom is 0.257 e. The molecular weight excluding hydrogens is 488 g/mol. The number of carbonyl (C=O) groups is 1. The number of nitrogens with zero attached hydrogens (tertiary/aromatic N) is 2. The van der Waals surface area contributed by atoms with E-state index >= 15 is 0 Å². The zero-order valence-corrected chi connectivity index (χ0v) is 21.6. The minimum absolute atomic E-state index is 0.0410. The number of halogens is 1. The zero-order chi connectivity index (χ0) is 25.1. The molecule has 0 aliphatic rings. The first-order valence-electron chi connectivity index (χ1n) is 11.7. The topological polar surface area (TPSA) is 48.0 Å². The first kappa shape index (κ1) is 24.2. The Bertz CT molecular complexity index is 1450. The summed E-state index contributed by atoms with van der Waals surface area (Å²) in [7, 11) is 0. The number of hydrogen-bond acceptors (Lipinski definition) is 4. The van der Waals surface area contributed by atoms with E-state index in [0.29, 0.717) is 23.1 Å². The van der Waals surface area contributed by atoms with Crippen molar-refractivity contribution >= 4 is 29.1 Å². The van der Waals surface area contributed by atoms with Gasteiger partial charge in [0.05, 0.1) is 5.75 Å². The maximum absolute atomic E-state index is 13.2. The summed E-state index contributed by atoms with van der Waals surface area (Å²) in [5.74, 6) is 0.980. The van der Waals surface area contributed by atoms with Gasteiger partial charge in [0.2, 0.25) is 0 Å². The fourth-order valence-electron chi connectivity index (χ4n) is 4.27. The van der Waals surface area contributed by atoms with Gasteiger partial charge in [-0.05, 0) is 31.5 Å². The molecule has 0 amide bonds. The number of carbonyl (C=O) groups excluding carboxylic acids is 1. The predicted molar refractivity (Wildman–Crippen MR) is 147 cm³/mol. The van der Waals surface area contributed by atoms with Gasteiger partial charge in [0.1, 0.15) is 5.69 Å². The lowest BCUT2D eigenvalue weighted by Crippen LogP contribution is -2.08. The van der Waals surface area contributed by atoms with Gasteiger partial charge < -0.3 is 8.98 Å². The Morgan fingerprint density at radius 1 is 0.917 bits per heavy atom. The summed E-state index contributed by atoms with van der Waals surface area (Å²) >= 11 is 7.69. The Morgan fingerprint density at radius 2 is 1.56 bits per heavy atom. The molecule has 0 fully saturated rings. The molecule has 3 aromatic carbocycles. The van der Waals surface area contributed by atoms with Crippen molar-refractivity contribution in [3.8, 4) is 22.6 Å². The monoisotopic (exact) mass is 512 g/mol. The van der Waals surface area contributed by atoms with E-state index in [-0.39, 0.29) is 11.5 Å². The lowest BCUT2D eigenvalue weighted by Gasteiger charge is -2.11. The maximum atomic E-state index is 13.2. The summed E-state index contributed by atoms with van der Waals surface area (Å²) in [6.07, 6.45) is 0. The molecule has 5 rings (SSSR count). The van der Waals surface area contributed by atoms with Crippen LogP contribution in [0.15, 0.2) is 101 Å². The minimum Gasteiger partial charge on any atom is -0.431 e. The summed E-state index contributed by atoms with van der Waals surface area (Å²) in [6, 6.07) is 29.6. The summed E-state index contributed by atoms with van der Waals surface area (Å²) < 4.78 is 8.30. The van der Waals surface area contributed by atoms with E-state index in [9.17, 15) is 4.79 Å². The fraction of sp³-hybridized carbons (Fsp3) is 0.133. The highest BCUT2D eigenvalue weighted by Gasteiger charge is 2.20. The van der Waals surface area contributed by atoms with Crippen LogP contribution < -0.4 is 0 Å². The highest BCUT2D eigenvalue weighted by atomic mass is 35.5. The van der Waals surface area contributed by atoms with Crippen molar-refractivity contribution < 1.29 is 9.21 Å². The van der Waals surface area contributed by atoms with Crippen LogP contribution in [-0.2, 0) is 6.54 Å². The van der Waals surface area contributed by atoms with Crippen molar-refractivity contribution in [3.63, 3.8) is 0 Å². The smallest absolute Gasteiger partial charge is 0.257 e. The Balaban J connectivity index is 1.37. The molecule has 180 valence electrons. The highest BCUT2D eigenvalue weighted by molar-refractivity contribution is 7.99. The van der Waals surface area contributed by atoms with Gasteiger partial charge in [-0.1, -0.05) is 102 Å². The molecule has 36 heavy (non-hydrogen) atoms. The second-order valence-corrected chi connectivity index (χ2v) is 9.90. The number of rotatable bonds is 8. The van der Waals surface area contributed by atoms with Crippen LogP contribution in [0, 0.1) is 13.8 Å². The first-order chi connectivity index (χ1) is 17.5. The minimum atomic E-state index is 0.0410. The van der Waals surface area contributed by atoms with Crippen LogP contribution in [-0.4, -0.2) is 21.1 Å². The Morgan fingerprint density at radius 3 is 2.25 bits per heavy atom. The van der Waals surface area contributed by atoms with Crippen LogP contribution in [0.5, 0.6) is 0 Å². The van der Waals surface area contributed by atoms with Crippen LogP contribution in [0.25, 0.3) is 22.6 Å². The van der Waals surface area contributed by atoms with Crippen LogP contribution >= 0.6 is 23.4 Å². The van der Waals surface area contributed by atoms with E-state index in [4.69, 9.17) is 21.0 Å². The van der Waals surface area contributed by atoms with Gasteiger partial charge in [0.25, 0.3) is 5.22 Å². The van der Waals surface area contributed by atoms with Crippen molar-refractivity contribution in [1.82, 2.24) is 9.55 Å². The molecule has 0 spiro atoms. The van der Waals surface area contributed by atoms with Crippen LogP contribution in [0.3, 0.4) is 0 Å². The third-order valence-electron chi connectivity index (χ3n) is 6.18. The van der Waals surface area contributed by atoms with Gasteiger partial charge in [-0.25, -0.2) is 4.98 Å².